The maximum atomic E-state index is 11.3. The molecular weight excluding hydrogens is 192 g/mol. The highest BCUT2D eigenvalue weighted by atomic mass is 16.2. The van der Waals surface area contributed by atoms with Crippen molar-refractivity contribution in [1.29, 1.82) is 0 Å². The molecule has 0 bridgehead atoms. The Balaban J connectivity index is 2.59. The first-order chi connectivity index (χ1) is 6.88. The van der Waals surface area contributed by atoms with E-state index in [9.17, 15) is 9.59 Å². The van der Waals surface area contributed by atoms with Crippen molar-refractivity contribution in [2.75, 3.05) is 0 Å². The molecule has 0 fully saturated rings. The van der Waals surface area contributed by atoms with Gasteiger partial charge in [-0.25, -0.2) is 4.79 Å². The largest absolute Gasteiger partial charge is 0.328 e. The lowest BCUT2D eigenvalue weighted by Gasteiger charge is -2.17. The van der Waals surface area contributed by atoms with E-state index < -0.39 is 0 Å². The van der Waals surface area contributed by atoms with Gasteiger partial charge in [-0.05, 0) is 18.3 Å². The van der Waals surface area contributed by atoms with Crippen molar-refractivity contribution in [2.24, 2.45) is 5.41 Å². The van der Waals surface area contributed by atoms with Crippen LogP contribution in [0.3, 0.4) is 0 Å². The molecule has 0 aliphatic rings. The van der Waals surface area contributed by atoms with E-state index in [2.05, 4.69) is 25.8 Å². The second-order valence-corrected chi connectivity index (χ2v) is 4.97. The van der Waals surface area contributed by atoms with Gasteiger partial charge in [0.15, 0.2) is 0 Å². The molecule has 0 saturated heterocycles. The first kappa shape index (κ1) is 11.8. The van der Waals surface area contributed by atoms with Gasteiger partial charge < -0.3 is 4.57 Å². The number of hydrogen-bond donors (Lipinski definition) is 1. The SMILES string of the molecule is CC(C)(C)CCCn1ccc(=O)[nH]c1=O. The molecule has 1 heterocycles. The van der Waals surface area contributed by atoms with Crippen LogP contribution in [0.4, 0.5) is 0 Å². The summed E-state index contributed by atoms with van der Waals surface area (Å²) in [6.07, 6.45) is 3.54. The summed E-state index contributed by atoms with van der Waals surface area (Å²) >= 11 is 0. The molecule has 1 N–H and O–H groups in total. The minimum Gasteiger partial charge on any atom is -0.301 e. The predicted molar refractivity (Wildman–Crippen MR) is 60.0 cm³/mol. The van der Waals surface area contributed by atoms with E-state index >= 15 is 0 Å². The number of hydrogen-bond acceptors (Lipinski definition) is 2. The van der Waals surface area contributed by atoms with Crippen LogP contribution in [-0.2, 0) is 6.54 Å². The van der Waals surface area contributed by atoms with Crippen LogP contribution in [0, 0.1) is 5.41 Å². The van der Waals surface area contributed by atoms with E-state index in [1.807, 2.05) is 0 Å². The Hall–Kier alpha value is -1.32. The molecule has 4 heteroatoms. The van der Waals surface area contributed by atoms with Crippen LogP contribution in [0.25, 0.3) is 0 Å². The summed E-state index contributed by atoms with van der Waals surface area (Å²) in [5.74, 6) is 0. The van der Waals surface area contributed by atoms with Gasteiger partial charge >= 0.3 is 5.69 Å². The molecular formula is C11H18N2O2. The zero-order valence-electron chi connectivity index (χ0n) is 9.54. The Kier molecular flexibility index (Phi) is 3.50. The second-order valence-electron chi connectivity index (χ2n) is 4.97. The molecule has 0 aliphatic carbocycles. The van der Waals surface area contributed by atoms with Gasteiger partial charge in [-0.15, -0.1) is 0 Å². The zero-order valence-corrected chi connectivity index (χ0v) is 9.54. The summed E-state index contributed by atoms with van der Waals surface area (Å²) in [6.45, 7) is 7.17. The smallest absolute Gasteiger partial charge is 0.301 e. The topological polar surface area (TPSA) is 54.9 Å². The molecule has 15 heavy (non-hydrogen) atoms. The third-order valence-electron chi connectivity index (χ3n) is 2.22. The Labute approximate surface area is 89.0 Å². The molecule has 0 unspecified atom stereocenters. The Morgan fingerprint density at radius 1 is 1.33 bits per heavy atom. The molecule has 0 aliphatic heterocycles. The van der Waals surface area contributed by atoms with Gasteiger partial charge in [0.2, 0.25) is 0 Å². The van der Waals surface area contributed by atoms with E-state index in [1.165, 1.54) is 10.6 Å². The number of H-pyrrole nitrogens is 1. The van der Waals surface area contributed by atoms with Crippen LogP contribution >= 0.6 is 0 Å². The van der Waals surface area contributed by atoms with Crippen molar-refractivity contribution in [3.8, 4) is 0 Å². The number of aromatic amines is 1. The fourth-order valence-electron chi connectivity index (χ4n) is 1.40. The van der Waals surface area contributed by atoms with E-state index in [1.54, 1.807) is 6.20 Å². The van der Waals surface area contributed by atoms with Crippen molar-refractivity contribution < 1.29 is 0 Å². The fourth-order valence-corrected chi connectivity index (χ4v) is 1.40. The monoisotopic (exact) mass is 210 g/mol. The van der Waals surface area contributed by atoms with Gasteiger partial charge in [-0.1, -0.05) is 20.8 Å². The third kappa shape index (κ3) is 4.14. The molecule has 1 rings (SSSR count). The molecule has 84 valence electrons. The molecule has 1 aromatic rings. The molecule has 0 spiro atoms. The second kappa shape index (κ2) is 4.47. The summed E-state index contributed by atoms with van der Waals surface area (Å²) in [7, 11) is 0. The van der Waals surface area contributed by atoms with E-state index in [-0.39, 0.29) is 16.7 Å². The first-order valence-corrected chi connectivity index (χ1v) is 5.18. The number of nitrogens with zero attached hydrogens (tertiary/aromatic N) is 1. The summed E-state index contributed by atoms with van der Waals surface area (Å²) in [4.78, 5) is 24.3. The third-order valence-corrected chi connectivity index (χ3v) is 2.22. The lowest BCUT2D eigenvalue weighted by molar-refractivity contribution is 0.351. The summed E-state index contributed by atoms with van der Waals surface area (Å²) in [5.41, 5.74) is -0.380. The van der Waals surface area contributed by atoms with Crippen molar-refractivity contribution >= 4 is 0 Å². The summed E-state index contributed by atoms with van der Waals surface area (Å²) in [6, 6.07) is 1.37. The van der Waals surface area contributed by atoms with E-state index in [4.69, 9.17) is 0 Å². The van der Waals surface area contributed by atoms with Crippen LogP contribution < -0.4 is 11.2 Å². The minimum absolute atomic E-state index is 0.284. The number of nitrogens with one attached hydrogen (secondary N) is 1. The highest BCUT2D eigenvalue weighted by molar-refractivity contribution is 4.82. The van der Waals surface area contributed by atoms with Crippen LogP contribution in [0.2, 0.25) is 0 Å². The maximum Gasteiger partial charge on any atom is 0.328 e. The summed E-state index contributed by atoms with van der Waals surface area (Å²) < 4.78 is 1.53. The average molecular weight is 210 g/mol. The number of rotatable bonds is 3. The number of aromatic nitrogens is 2. The Morgan fingerprint density at radius 3 is 2.53 bits per heavy atom. The van der Waals surface area contributed by atoms with Gasteiger partial charge in [-0.3, -0.25) is 9.78 Å². The van der Waals surface area contributed by atoms with E-state index in [0.29, 0.717) is 6.54 Å². The van der Waals surface area contributed by atoms with Crippen LogP contribution in [0.15, 0.2) is 21.9 Å². The molecule has 4 nitrogen and oxygen atoms in total. The van der Waals surface area contributed by atoms with Gasteiger partial charge in [0.1, 0.15) is 0 Å². The van der Waals surface area contributed by atoms with Crippen LogP contribution in [0.1, 0.15) is 33.6 Å². The fraction of sp³-hybridized carbons (Fsp3) is 0.636. The highest BCUT2D eigenvalue weighted by Gasteiger charge is 2.09. The quantitative estimate of drug-likeness (QED) is 0.819. The molecule has 0 aromatic carbocycles. The first-order valence-electron chi connectivity index (χ1n) is 5.18. The van der Waals surface area contributed by atoms with Crippen molar-refractivity contribution in [3.05, 3.63) is 33.1 Å². The lowest BCUT2D eigenvalue weighted by Crippen LogP contribution is -2.28. The maximum absolute atomic E-state index is 11.3. The van der Waals surface area contributed by atoms with Crippen molar-refractivity contribution in [2.45, 2.75) is 40.2 Å². The minimum atomic E-state index is -0.341. The van der Waals surface area contributed by atoms with Gasteiger partial charge in [0.05, 0.1) is 0 Å². The van der Waals surface area contributed by atoms with Crippen LogP contribution in [0.5, 0.6) is 0 Å². The lowest BCUT2D eigenvalue weighted by atomic mass is 9.91. The standard InChI is InChI=1S/C11H18N2O2/c1-11(2,3)6-4-7-13-8-5-9(14)12-10(13)15/h5,8H,4,6-7H2,1-3H3,(H,12,14,15). The van der Waals surface area contributed by atoms with Crippen LogP contribution in [-0.4, -0.2) is 9.55 Å². The highest BCUT2D eigenvalue weighted by Crippen LogP contribution is 2.20. The zero-order chi connectivity index (χ0) is 11.5. The molecule has 0 saturated carbocycles. The molecule has 1 aromatic heterocycles. The Bertz CT molecular complexity index is 423. The van der Waals surface area contributed by atoms with Gasteiger partial charge in [0.25, 0.3) is 5.56 Å². The molecule has 0 amide bonds. The average Bonchev–Trinajstić information content (AvgIpc) is 2.07. The van der Waals surface area contributed by atoms with Gasteiger partial charge in [0, 0.05) is 18.8 Å². The molecule has 0 atom stereocenters. The molecule has 0 radical (unpaired) electrons. The number of aryl methyl sites for hydroxylation is 1. The predicted octanol–water partition coefficient (Wildman–Crippen LogP) is 1.36. The van der Waals surface area contributed by atoms with Crippen molar-refractivity contribution in [1.82, 2.24) is 9.55 Å². The Morgan fingerprint density at radius 2 is 2.00 bits per heavy atom. The summed E-state index contributed by atoms with van der Waals surface area (Å²) in [5, 5.41) is 0. The normalized spacial score (nSPS) is 11.7. The van der Waals surface area contributed by atoms with Gasteiger partial charge in [-0.2, -0.15) is 0 Å². The van der Waals surface area contributed by atoms with E-state index in [0.717, 1.165) is 12.8 Å². The van der Waals surface area contributed by atoms with Crippen molar-refractivity contribution in [3.63, 3.8) is 0 Å².